The van der Waals surface area contributed by atoms with Crippen molar-refractivity contribution in [2.45, 2.75) is 40.0 Å². The van der Waals surface area contributed by atoms with Gasteiger partial charge in [0.05, 0.1) is 18.9 Å². The van der Waals surface area contributed by atoms with Crippen molar-refractivity contribution in [3.8, 4) is 0 Å². The molecule has 0 spiro atoms. The fraction of sp³-hybridized carbons (Fsp3) is 0.692. The lowest BCUT2D eigenvalue weighted by atomic mass is 9.93. The standard InChI is InChI=1S/C13H21BrO4/c1-9(14)7-10(8-11(15)16)12(17)18-6-5-13(2,3)4/h10H,1,5-8H2,2-4H3,(H,15,16). The van der Waals surface area contributed by atoms with Gasteiger partial charge in [0.15, 0.2) is 0 Å². The molecule has 0 aromatic heterocycles. The van der Waals surface area contributed by atoms with Gasteiger partial charge in [-0.3, -0.25) is 9.59 Å². The molecule has 0 heterocycles. The average Bonchev–Trinajstić information content (AvgIpc) is 2.12. The van der Waals surface area contributed by atoms with Crippen molar-refractivity contribution in [1.82, 2.24) is 0 Å². The van der Waals surface area contributed by atoms with E-state index in [2.05, 4.69) is 43.3 Å². The van der Waals surface area contributed by atoms with Crippen molar-refractivity contribution in [1.29, 1.82) is 0 Å². The van der Waals surface area contributed by atoms with Crippen molar-refractivity contribution in [3.05, 3.63) is 11.1 Å². The Kier molecular flexibility index (Phi) is 7.21. The summed E-state index contributed by atoms with van der Waals surface area (Å²) in [4.78, 5) is 22.4. The Balaban J connectivity index is 4.29. The zero-order valence-corrected chi connectivity index (χ0v) is 12.7. The smallest absolute Gasteiger partial charge is 0.309 e. The van der Waals surface area contributed by atoms with E-state index in [-0.39, 0.29) is 18.3 Å². The molecule has 0 aromatic rings. The van der Waals surface area contributed by atoms with Crippen LogP contribution < -0.4 is 0 Å². The van der Waals surface area contributed by atoms with Crippen molar-refractivity contribution >= 4 is 27.9 Å². The maximum absolute atomic E-state index is 11.8. The molecule has 0 fully saturated rings. The zero-order chi connectivity index (χ0) is 14.3. The molecular formula is C13H21BrO4. The van der Waals surface area contributed by atoms with E-state index in [1.54, 1.807) is 0 Å². The SMILES string of the molecule is C=C(Br)CC(CC(=O)O)C(=O)OCCC(C)(C)C. The van der Waals surface area contributed by atoms with E-state index in [1.165, 1.54) is 0 Å². The van der Waals surface area contributed by atoms with Crippen molar-refractivity contribution in [2.24, 2.45) is 11.3 Å². The number of hydrogen-bond acceptors (Lipinski definition) is 3. The molecule has 4 nitrogen and oxygen atoms in total. The molecule has 0 rings (SSSR count). The van der Waals surface area contributed by atoms with Gasteiger partial charge >= 0.3 is 11.9 Å². The minimum atomic E-state index is -1.01. The fourth-order valence-electron chi connectivity index (χ4n) is 1.29. The maximum atomic E-state index is 11.8. The molecule has 0 aromatic carbocycles. The number of esters is 1. The van der Waals surface area contributed by atoms with E-state index >= 15 is 0 Å². The second-order valence-corrected chi connectivity index (χ2v) is 6.62. The Bertz CT molecular complexity index is 301. The van der Waals surface area contributed by atoms with Crippen LogP contribution in [0.2, 0.25) is 0 Å². The summed E-state index contributed by atoms with van der Waals surface area (Å²) in [6.07, 6.45) is 0.785. The van der Waals surface area contributed by atoms with Crippen LogP contribution in [0.15, 0.2) is 11.1 Å². The van der Waals surface area contributed by atoms with Crippen molar-refractivity contribution in [2.75, 3.05) is 6.61 Å². The fourth-order valence-corrected chi connectivity index (χ4v) is 1.68. The van der Waals surface area contributed by atoms with Crippen molar-refractivity contribution in [3.63, 3.8) is 0 Å². The van der Waals surface area contributed by atoms with E-state index in [9.17, 15) is 9.59 Å². The normalized spacial score (nSPS) is 12.9. The molecule has 1 atom stereocenters. The number of carboxylic acid groups (broad SMARTS) is 1. The quantitative estimate of drug-likeness (QED) is 0.730. The third kappa shape index (κ3) is 9.22. The van der Waals surface area contributed by atoms with E-state index in [4.69, 9.17) is 9.84 Å². The largest absolute Gasteiger partial charge is 0.481 e. The number of carboxylic acids is 1. The molecule has 0 bridgehead atoms. The van der Waals surface area contributed by atoms with Crippen LogP contribution in [0, 0.1) is 11.3 Å². The number of carbonyl (C=O) groups is 2. The summed E-state index contributed by atoms with van der Waals surface area (Å²) < 4.78 is 5.72. The molecule has 0 amide bonds. The van der Waals surface area contributed by atoms with Crippen LogP contribution in [-0.4, -0.2) is 23.7 Å². The van der Waals surface area contributed by atoms with Crippen LogP contribution in [0.3, 0.4) is 0 Å². The highest BCUT2D eigenvalue weighted by Crippen LogP contribution is 2.22. The van der Waals surface area contributed by atoms with Crippen LogP contribution in [0.1, 0.15) is 40.0 Å². The number of rotatable bonds is 7. The molecule has 1 N–H and O–H groups in total. The summed E-state index contributed by atoms with van der Waals surface area (Å²) in [5, 5.41) is 8.75. The van der Waals surface area contributed by atoms with Gasteiger partial charge in [0.1, 0.15) is 0 Å². The van der Waals surface area contributed by atoms with E-state index in [0.29, 0.717) is 11.1 Å². The summed E-state index contributed by atoms with van der Waals surface area (Å²) >= 11 is 3.14. The van der Waals surface area contributed by atoms with Crippen LogP contribution >= 0.6 is 15.9 Å². The number of aliphatic carboxylic acids is 1. The molecule has 0 aliphatic heterocycles. The van der Waals surface area contributed by atoms with Gasteiger partial charge < -0.3 is 9.84 Å². The highest BCUT2D eigenvalue weighted by Gasteiger charge is 2.24. The van der Waals surface area contributed by atoms with Crippen LogP contribution in [0.4, 0.5) is 0 Å². The Hall–Kier alpha value is -0.840. The molecule has 104 valence electrons. The first kappa shape index (κ1) is 17.2. The Morgan fingerprint density at radius 3 is 2.28 bits per heavy atom. The molecule has 0 aliphatic carbocycles. The summed E-state index contributed by atoms with van der Waals surface area (Å²) in [6.45, 7) is 10.1. The molecule has 0 radical (unpaired) electrons. The maximum Gasteiger partial charge on any atom is 0.309 e. The van der Waals surface area contributed by atoms with Gasteiger partial charge in [-0.25, -0.2) is 0 Å². The first-order chi connectivity index (χ1) is 8.11. The van der Waals surface area contributed by atoms with Gasteiger partial charge in [-0.05, 0) is 22.7 Å². The minimum Gasteiger partial charge on any atom is -0.481 e. The molecule has 0 saturated heterocycles. The summed E-state index contributed by atoms with van der Waals surface area (Å²) in [5.74, 6) is -2.15. The van der Waals surface area contributed by atoms with Crippen LogP contribution in [0.25, 0.3) is 0 Å². The lowest BCUT2D eigenvalue weighted by Crippen LogP contribution is -2.22. The van der Waals surface area contributed by atoms with Gasteiger partial charge in [0, 0.05) is 0 Å². The van der Waals surface area contributed by atoms with Crippen LogP contribution in [0.5, 0.6) is 0 Å². The molecule has 0 aliphatic rings. The molecule has 1 unspecified atom stereocenters. The Labute approximate surface area is 117 Å². The summed E-state index contributed by atoms with van der Waals surface area (Å²) in [7, 11) is 0. The number of hydrogen-bond donors (Lipinski definition) is 1. The third-order valence-electron chi connectivity index (χ3n) is 2.32. The topological polar surface area (TPSA) is 63.6 Å². The Morgan fingerprint density at radius 2 is 1.89 bits per heavy atom. The molecule has 5 heteroatoms. The highest BCUT2D eigenvalue weighted by molar-refractivity contribution is 9.11. The molecular weight excluding hydrogens is 300 g/mol. The lowest BCUT2D eigenvalue weighted by molar-refractivity contribution is -0.153. The van der Waals surface area contributed by atoms with E-state index < -0.39 is 17.9 Å². The molecule has 18 heavy (non-hydrogen) atoms. The molecule has 0 saturated carbocycles. The van der Waals surface area contributed by atoms with Crippen molar-refractivity contribution < 1.29 is 19.4 Å². The minimum absolute atomic E-state index is 0.0849. The predicted octanol–water partition coefficient (Wildman–Crippen LogP) is 3.36. The summed E-state index contributed by atoms with van der Waals surface area (Å²) in [6, 6.07) is 0. The van der Waals surface area contributed by atoms with Gasteiger partial charge in [-0.1, -0.05) is 43.3 Å². The number of ether oxygens (including phenoxy) is 1. The van der Waals surface area contributed by atoms with E-state index in [0.717, 1.165) is 6.42 Å². The second kappa shape index (κ2) is 7.56. The van der Waals surface area contributed by atoms with Gasteiger partial charge in [-0.2, -0.15) is 0 Å². The average molecular weight is 321 g/mol. The predicted molar refractivity (Wildman–Crippen MR) is 73.5 cm³/mol. The Morgan fingerprint density at radius 1 is 1.33 bits per heavy atom. The first-order valence-electron chi connectivity index (χ1n) is 5.83. The first-order valence-corrected chi connectivity index (χ1v) is 6.63. The number of allylic oxidation sites excluding steroid dienone is 1. The van der Waals surface area contributed by atoms with Gasteiger partial charge in [0.25, 0.3) is 0 Å². The summed E-state index contributed by atoms with van der Waals surface area (Å²) in [5.41, 5.74) is 0.0849. The number of halogens is 1. The third-order valence-corrected chi connectivity index (χ3v) is 2.64. The number of carbonyl (C=O) groups excluding carboxylic acids is 1. The lowest BCUT2D eigenvalue weighted by Gasteiger charge is -2.19. The monoisotopic (exact) mass is 320 g/mol. The van der Waals surface area contributed by atoms with Gasteiger partial charge in [-0.15, -0.1) is 0 Å². The highest BCUT2D eigenvalue weighted by atomic mass is 79.9. The second-order valence-electron chi connectivity index (χ2n) is 5.49. The van der Waals surface area contributed by atoms with Gasteiger partial charge in [0.2, 0.25) is 0 Å². The van der Waals surface area contributed by atoms with Crippen LogP contribution in [-0.2, 0) is 14.3 Å². The van der Waals surface area contributed by atoms with E-state index in [1.807, 2.05) is 0 Å². The zero-order valence-electron chi connectivity index (χ0n) is 11.2.